The first kappa shape index (κ1) is 24.3. The van der Waals surface area contributed by atoms with Gasteiger partial charge in [-0.25, -0.2) is 4.39 Å². The summed E-state index contributed by atoms with van der Waals surface area (Å²) in [5.41, 5.74) is 2.23. The van der Waals surface area contributed by atoms with E-state index in [4.69, 9.17) is 9.47 Å². The van der Waals surface area contributed by atoms with Gasteiger partial charge < -0.3 is 14.6 Å². The molecule has 0 aliphatic heterocycles. The zero-order valence-corrected chi connectivity index (χ0v) is 20.9. The van der Waals surface area contributed by atoms with Crippen LogP contribution in [0.15, 0.2) is 48.5 Å². The lowest BCUT2D eigenvalue weighted by atomic mass is 9.89. The van der Waals surface area contributed by atoms with Crippen molar-refractivity contribution in [1.82, 2.24) is 0 Å². The van der Waals surface area contributed by atoms with Gasteiger partial charge >= 0.3 is 5.97 Å². The Bertz CT molecular complexity index is 1170. The number of carboxylic acids is 1. The number of thiophene rings is 1. The second kappa shape index (κ2) is 9.79. The van der Waals surface area contributed by atoms with Crippen molar-refractivity contribution < 1.29 is 23.8 Å². The Labute approximate surface area is 204 Å². The maximum Gasteiger partial charge on any atom is 0.303 e. The van der Waals surface area contributed by atoms with Crippen LogP contribution in [0.1, 0.15) is 61.3 Å². The van der Waals surface area contributed by atoms with Crippen molar-refractivity contribution in [2.24, 2.45) is 5.92 Å². The van der Waals surface area contributed by atoms with E-state index in [1.54, 1.807) is 30.6 Å². The zero-order chi connectivity index (χ0) is 24.5. The smallest absolute Gasteiger partial charge is 0.303 e. The third kappa shape index (κ3) is 5.61. The van der Waals surface area contributed by atoms with Gasteiger partial charge in [-0.2, -0.15) is 0 Å². The number of benzene rings is 2. The van der Waals surface area contributed by atoms with Crippen LogP contribution in [0.25, 0.3) is 11.1 Å². The van der Waals surface area contributed by atoms with Gasteiger partial charge in [0.15, 0.2) is 0 Å². The highest BCUT2D eigenvalue weighted by atomic mass is 32.1. The van der Waals surface area contributed by atoms with Gasteiger partial charge in [0.25, 0.3) is 0 Å². The second-order valence-corrected chi connectivity index (χ2v) is 11.1. The molecule has 0 spiro atoms. The fourth-order valence-electron chi connectivity index (χ4n) is 4.34. The second-order valence-electron chi connectivity index (χ2n) is 9.95. The highest BCUT2D eigenvalue weighted by Gasteiger charge is 2.34. The molecule has 6 heteroatoms. The zero-order valence-electron chi connectivity index (χ0n) is 20.1. The summed E-state index contributed by atoms with van der Waals surface area (Å²) in [6.07, 6.45) is 2.30. The monoisotopic (exact) mass is 482 g/mol. The SMILES string of the molecule is COc1ccc(F)c(-c2cc(COc3cccc([C@@H](CC(=O)O)C4CC4)c3)sc2C(C)(C)C)c1. The molecule has 180 valence electrons. The Hall–Kier alpha value is -2.86. The van der Waals surface area contributed by atoms with E-state index in [1.807, 2.05) is 30.3 Å². The van der Waals surface area contributed by atoms with Gasteiger partial charge in [-0.15, -0.1) is 11.3 Å². The van der Waals surface area contributed by atoms with Crippen LogP contribution in [0.3, 0.4) is 0 Å². The van der Waals surface area contributed by atoms with Gasteiger partial charge in [-0.1, -0.05) is 32.9 Å². The molecule has 1 aromatic heterocycles. The van der Waals surface area contributed by atoms with Crippen LogP contribution in [0.4, 0.5) is 4.39 Å². The van der Waals surface area contributed by atoms with E-state index in [9.17, 15) is 14.3 Å². The van der Waals surface area contributed by atoms with Gasteiger partial charge in [0, 0.05) is 15.3 Å². The number of carboxylic acid groups (broad SMARTS) is 1. The summed E-state index contributed by atoms with van der Waals surface area (Å²) in [4.78, 5) is 13.4. The number of ether oxygens (including phenoxy) is 2. The molecule has 1 aliphatic rings. The lowest BCUT2D eigenvalue weighted by Crippen LogP contribution is -2.10. The minimum absolute atomic E-state index is 0.0259. The van der Waals surface area contributed by atoms with E-state index in [2.05, 4.69) is 20.8 Å². The third-order valence-corrected chi connectivity index (χ3v) is 7.72. The minimum Gasteiger partial charge on any atom is -0.497 e. The molecule has 1 N–H and O–H groups in total. The summed E-state index contributed by atoms with van der Waals surface area (Å²) < 4.78 is 26.2. The summed E-state index contributed by atoms with van der Waals surface area (Å²) in [6.45, 7) is 6.72. The first-order valence-corrected chi connectivity index (χ1v) is 12.4. The summed E-state index contributed by atoms with van der Waals surface area (Å²) in [5.74, 6) is 0.746. The predicted octanol–water partition coefficient (Wildman–Crippen LogP) is 7.41. The lowest BCUT2D eigenvalue weighted by Gasteiger charge is -2.19. The molecule has 34 heavy (non-hydrogen) atoms. The van der Waals surface area contributed by atoms with Crippen LogP contribution in [0.5, 0.6) is 11.5 Å². The maximum atomic E-state index is 14.8. The summed E-state index contributed by atoms with van der Waals surface area (Å²) >= 11 is 1.63. The first-order valence-electron chi connectivity index (χ1n) is 11.6. The molecule has 1 aliphatic carbocycles. The molecule has 3 aromatic rings. The van der Waals surface area contributed by atoms with Crippen LogP contribution in [-0.4, -0.2) is 18.2 Å². The van der Waals surface area contributed by atoms with Gasteiger partial charge in [0.1, 0.15) is 23.9 Å². The molecule has 1 heterocycles. The largest absolute Gasteiger partial charge is 0.497 e. The standard InChI is InChI=1S/C28H31FO4S/c1-28(2,3)27-24(23-13-19(32-4)10-11-25(23)29)14-21(34-27)16-33-20-7-5-6-18(12-20)22(15-26(30)31)17-8-9-17/h5-7,10-14,17,22H,8-9,15-16H2,1-4H3,(H,30,31)/t22-/m0/s1. The molecular weight excluding hydrogens is 451 g/mol. The lowest BCUT2D eigenvalue weighted by molar-refractivity contribution is -0.137. The summed E-state index contributed by atoms with van der Waals surface area (Å²) in [5, 5.41) is 9.32. The van der Waals surface area contributed by atoms with Crippen molar-refractivity contribution >= 4 is 17.3 Å². The normalized spacial score (nSPS) is 14.6. The predicted molar refractivity (Wildman–Crippen MR) is 133 cm³/mol. The van der Waals surface area contributed by atoms with E-state index in [-0.39, 0.29) is 23.6 Å². The number of hydrogen-bond donors (Lipinski definition) is 1. The number of methoxy groups -OCH3 is 1. The fraction of sp³-hybridized carbons (Fsp3) is 0.393. The molecule has 0 unspecified atom stereocenters. The van der Waals surface area contributed by atoms with Crippen LogP contribution in [-0.2, 0) is 16.8 Å². The molecule has 4 nitrogen and oxygen atoms in total. The van der Waals surface area contributed by atoms with Crippen LogP contribution in [0.2, 0.25) is 0 Å². The molecule has 0 bridgehead atoms. The van der Waals surface area contributed by atoms with Crippen molar-refractivity contribution in [3.8, 4) is 22.6 Å². The van der Waals surface area contributed by atoms with Gasteiger partial charge in [0.05, 0.1) is 13.5 Å². The molecule has 2 aromatic carbocycles. The molecular formula is C28H31FO4S. The van der Waals surface area contributed by atoms with E-state index in [0.29, 0.717) is 29.6 Å². The average molecular weight is 483 g/mol. The van der Waals surface area contributed by atoms with Crippen LogP contribution < -0.4 is 9.47 Å². The highest BCUT2D eigenvalue weighted by molar-refractivity contribution is 7.12. The number of halogens is 1. The van der Waals surface area contributed by atoms with Gasteiger partial charge in [-0.05, 0) is 77.6 Å². The Morgan fingerprint density at radius 3 is 2.53 bits per heavy atom. The molecule has 0 saturated heterocycles. The number of hydrogen-bond acceptors (Lipinski definition) is 4. The van der Waals surface area contributed by atoms with E-state index >= 15 is 0 Å². The van der Waals surface area contributed by atoms with Crippen molar-refractivity contribution in [3.05, 3.63) is 69.7 Å². The highest BCUT2D eigenvalue weighted by Crippen LogP contribution is 2.45. The summed E-state index contributed by atoms with van der Waals surface area (Å²) in [6, 6.07) is 14.6. The molecule has 4 rings (SSSR count). The Morgan fingerprint density at radius 1 is 1.12 bits per heavy atom. The molecule has 1 fully saturated rings. The molecule has 1 atom stereocenters. The topological polar surface area (TPSA) is 55.8 Å². The van der Waals surface area contributed by atoms with Crippen molar-refractivity contribution in [1.29, 1.82) is 0 Å². The van der Waals surface area contributed by atoms with Crippen molar-refractivity contribution in [2.75, 3.05) is 7.11 Å². The number of aliphatic carboxylic acids is 1. The van der Waals surface area contributed by atoms with Crippen molar-refractivity contribution in [2.45, 2.75) is 58.0 Å². The molecule has 0 radical (unpaired) electrons. The number of rotatable bonds is 9. The quantitative estimate of drug-likeness (QED) is 0.345. The number of carbonyl (C=O) groups is 1. The molecule has 1 saturated carbocycles. The van der Waals surface area contributed by atoms with Crippen LogP contribution >= 0.6 is 11.3 Å². The maximum absolute atomic E-state index is 14.8. The minimum atomic E-state index is -0.770. The van der Waals surface area contributed by atoms with E-state index < -0.39 is 5.97 Å². The Balaban J connectivity index is 1.58. The third-order valence-electron chi connectivity index (χ3n) is 6.18. The van der Waals surface area contributed by atoms with Crippen LogP contribution in [0, 0.1) is 11.7 Å². The summed E-state index contributed by atoms with van der Waals surface area (Å²) in [7, 11) is 1.58. The van der Waals surface area contributed by atoms with E-state index in [0.717, 1.165) is 33.7 Å². The van der Waals surface area contributed by atoms with Gasteiger partial charge in [-0.3, -0.25) is 4.79 Å². The fourth-order valence-corrected chi connectivity index (χ4v) is 5.48. The Morgan fingerprint density at radius 2 is 1.88 bits per heavy atom. The molecule has 0 amide bonds. The average Bonchev–Trinajstić information content (AvgIpc) is 3.54. The Kier molecular flexibility index (Phi) is 6.99. The van der Waals surface area contributed by atoms with Crippen molar-refractivity contribution in [3.63, 3.8) is 0 Å². The van der Waals surface area contributed by atoms with E-state index in [1.165, 1.54) is 6.07 Å². The first-order chi connectivity index (χ1) is 16.2. The van der Waals surface area contributed by atoms with Gasteiger partial charge in [0.2, 0.25) is 0 Å².